The molecule has 1 fully saturated rings. The summed E-state index contributed by atoms with van der Waals surface area (Å²) in [5, 5.41) is 2.92. The highest BCUT2D eigenvalue weighted by Gasteiger charge is 2.68. The molecule has 1 N–H and O–H groups in total. The highest BCUT2D eigenvalue weighted by atomic mass is 16.5. The molecule has 220 valence electrons. The molecule has 2 aromatic carbocycles. The molecule has 1 spiro atoms. The molecule has 0 aromatic heterocycles. The number of carbonyl (C=O) groups excluding carboxylic acids is 4. The number of hydrogen-bond donors (Lipinski definition) is 1. The van der Waals surface area contributed by atoms with Crippen molar-refractivity contribution in [1.82, 2.24) is 10.2 Å². The Hall–Kier alpha value is -4.67. The normalized spacial score (nSPS) is 22.5. The van der Waals surface area contributed by atoms with Gasteiger partial charge in [0.1, 0.15) is 11.9 Å². The summed E-state index contributed by atoms with van der Waals surface area (Å²) in [6, 6.07) is 14.7. The van der Waals surface area contributed by atoms with Crippen LogP contribution in [0.25, 0.3) is 0 Å². The van der Waals surface area contributed by atoms with Crippen molar-refractivity contribution in [2.24, 2.45) is 4.99 Å². The third kappa shape index (κ3) is 4.49. The first-order valence-electron chi connectivity index (χ1n) is 13.6. The van der Waals surface area contributed by atoms with Crippen LogP contribution in [0.15, 0.2) is 70.9 Å². The lowest BCUT2D eigenvalue weighted by Gasteiger charge is -2.41. The predicted molar refractivity (Wildman–Crippen MR) is 154 cm³/mol. The molecule has 0 bridgehead atoms. The van der Waals surface area contributed by atoms with Gasteiger partial charge in [-0.25, -0.2) is 24.2 Å². The molecule has 0 saturated carbocycles. The monoisotopic (exact) mass is 574 g/mol. The van der Waals surface area contributed by atoms with Crippen LogP contribution in [-0.2, 0) is 40.6 Å². The highest BCUT2D eigenvalue weighted by Crippen LogP contribution is 2.58. The number of nitrogens with zero attached hydrogens (tertiary/aromatic N) is 3. The molecule has 2 amide bonds. The maximum absolute atomic E-state index is 13.9. The van der Waals surface area contributed by atoms with Gasteiger partial charge in [-0.1, -0.05) is 48.5 Å². The van der Waals surface area contributed by atoms with Gasteiger partial charge in [0, 0.05) is 17.8 Å². The quantitative estimate of drug-likeness (QED) is 0.427. The number of aliphatic imine (C=N–C) groups is 1. The third-order valence-electron chi connectivity index (χ3n) is 7.83. The summed E-state index contributed by atoms with van der Waals surface area (Å²) in [5.74, 6) is -2.13. The van der Waals surface area contributed by atoms with Crippen LogP contribution in [-0.4, -0.2) is 73.6 Å². The average Bonchev–Trinajstić information content (AvgIpc) is 3.46. The Bertz CT molecular complexity index is 1510. The number of carbonyl (C=O) groups is 4. The number of urea groups is 1. The largest absolute Gasteiger partial charge is 0.467 e. The number of benzene rings is 2. The van der Waals surface area contributed by atoms with E-state index >= 15 is 0 Å². The summed E-state index contributed by atoms with van der Waals surface area (Å²) in [6.07, 6.45) is 0.0536. The number of esters is 3. The van der Waals surface area contributed by atoms with Crippen LogP contribution in [0.3, 0.4) is 0 Å². The number of anilines is 1. The molecule has 3 aliphatic heterocycles. The lowest BCUT2D eigenvalue weighted by atomic mass is 9.69. The van der Waals surface area contributed by atoms with Crippen molar-refractivity contribution in [3.05, 3.63) is 77.0 Å². The lowest BCUT2D eigenvalue weighted by molar-refractivity contribution is -0.144. The summed E-state index contributed by atoms with van der Waals surface area (Å²) < 4.78 is 15.5. The fraction of sp³-hybridized carbons (Fsp3) is 0.387. The van der Waals surface area contributed by atoms with Crippen LogP contribution in [0.4, 0.5) is 10.5 Å². The first-order chi connectivity index (χ1) is 20.0. The van der Waals surface area contributed by atoms with E-state index in [1.165, 1.54) is 26.2 Å². The zero-order chi connectivity index (χ0) is 30.4. The zero-order valence-electron chi connectivity index (χ0n) is 24.5. The summed E-state index contributed by atoms with van der Waals surface area (Å²) in [5.41, 5.74) is 0.325. The molecule has 0 unspecified atom stereocenters. The zero-order valence-corrected chi connectivity index (χ0v) is 24.5. The van der Waals surface area contributed by atoms with E-state index in [1.54, 1.807) is 0 Å². The van der Waals surface area contributed by atoms with Crippen LogP contribution in [0.2, 0.25) is 0 Å². The molecule has 42 heavy (non-hydrogen) atoms. The van der Waals surface area contributed by atoms with Gasteiger partial charge in [0.2, 0.25) is 0 Å². The van der Waals surface area contributed by atoms with Crippen molar-refractivity contribution in [3.8, 4) is 0 Å². The van der Waals surface area contributed by atoms with Crippen LogP contribution in [0, 0.1) is 0 Å². The van der Waals surface area contributed by atoms with Crippen molar-refractivity contribution in [1.29, 1.82) is 0 Å². The topological polar surface area (TPSA) is 127 Å². The Labute approximate surface area is 244 Å². The number of fused-ring (bicyclic) bond motifs is 1. The third-order valence-corrected chi connectivity index (χ3v) is 7.83. The smallest absolute Gasteiger partial charge is 0.357 e. The number of para-hydroxylation sites is 1. The molecule has 1 saturated heterocycles. The molecule has 0 radical (unpaired) electrons. The van der Waals surface area contributed by atoms with Crippen molar-refractivity contribution < 1.29 is 33.4 Å². The second-order valence-corrected chi connectivity index (χ2v) is 11.5. The number of amides is 2. The van der Waals surface area contributed by atoms with Gasteiger partial charge in [-0.2, -0.15) is 0 Å². The van der Waals surface area contributed by atoms with E-state index in [1.807, 2.05) is 80.3 Å². The Morgan fingerprint density at radius 1 is 0.929 bits per heavy atom. The summed E-state index contributed by atoms with van der Waals surface area (Å²) in [6.45, 7) is 5.80. The number of rotatable bonds is 5. The van der Waals surface area contributed by atoms with Crippen LogP contribution in [0.1, 0.15) is 38.3 Å². The fourth-order valence-electron chi connectivity index (χ4n) is 6.29. The van der Waals surface area contributed by atoms with E-state index in [9.17, 15) is 19.2 Å². The van der Waals surface area contributed by atoms with Crippen molar-refractivity contribution in [2.45, 2.75) is 56.8 Å². The number of hydrogen-bond acceptors (Lipinski definition) is 9. The molecule has 11 heteroatoms. The van der Waals surface area contributed by atoms with E-state index in [4.69, 9.17) is 14.2 Å². The van der Waals surface area contributed by atoms with Crippen molar-refractivity contribution in [2.75, 3.05) is 26.2 Å². The second-order valence-electron chi connectivity index (χ2n) is 11.5. The number of amidine groups is 1. The Balaban J connectivity index is 1.84. The molecule has 3 heterocycles. The van der Waals surface area contributed by atoms with Gasteiger partial charge in [0.15, 0.2) is 5.70 Å². The van der Waals surface area contributed by atoms with Crippen molar-refractivity contribution >= 4 is 35.5 Å². The minimum absolute atomic E-state index is 0.0121. The summed E-state index contributed by atoms with van der Waals surface area (Å²) in [4.78, 5) is 62.1. The number of ether oxygens (including phenoxy) is 3. The van der Waals surface area contributed by atoms with Gasteiger partial charge < -0.3 is 24.4 Å². The lowest BCUT2D eigenvalue weighted by Crippen LogP contribution is -2.58. The maximum Gasteiger partial charge on any atom is 0.357 e. The first-order valence-corrected chi connectivity index (χ1v) is 13.6. The van der Waals surface area contributed by atoms with Crippen molar-refractivity contribution in [3.63, 3.8) is 0 Å². The Morgan fingerprint density at radius 2 is 1.57 bits per heavy atom. The van der Waals surface area contributed by atoms with E-state index in [-0.39, 0.29) is 23.5 Å². The standard InChI is InChI=1S/C31H34N4O7/c1-30(2,3)33-29(39)35-21(25(36)40-4)16-31-19-14-10-11-15-20(19)34(17-18-12-8-7-9-13-18)24(31)22(26(37)41-5)23(27(38)42-6)32-28(31)35/h7-15,21,24H,16-17H2,1-6H3,(H,33,39)/t21-,24-,31-/m0/s1. The Morgan fingerprint density at radius 3 is 2.19 bits per heavy atom. The highest BCUT2D eigenvalue weighted by molar-refractivity contribution is 6.17. The SMILES string of the molecule is COC(=O)C1=C(C(=O)OC)[C@@H]2N(Cc3ccccc3)c3ccccc3[C@@]23C[C@@H](C(=O)OC)N(C(=O)NC(C)(C)C)C3=N1. The molecular weight excluding hydrogens is 540 g/mol. The minimum atomic E-state index is -1.19. The molecule has 0 aliphatic carbocycles. The van der Waals surface area contributed by atoms with E-state index < -0.39 is 47.0 Å². The number of nitrogens with one attached hydrogen (secondary N) is 1. The molecular formula is C31H34N4O7. The average molecular weight is 575 g/mol. The van der Waals surface area contributed by atoms with Crippen LogP contribution < -0.4 is 10.2 Å². The van der Waals surface area contributed by atoms with Gasteiger partial charge in [0.25, 0.3) is 0 Å². The molecule has 11 nitrogen and oxygen atoms in total. The molecule has 3 aliphatic rings. The number of methoxy groups -OCH3 is 3. The fourth-order valence-corrected chi connectivity index (χ4v) is 6.29. The van der Waals surface area contributed by atoms with Crippen LogP contribution >= 0.6 is 0 Å². The number of likely N-dealkylation sites (tertiary alicyclic amines) is 1. The molecule has 5 rings (SSSR count). The summed E-state index contributed by atoms with van der Waals surface area (Å²) in [7, 11) is 3.67. The van der Waals surface area contributed by atoms with Gasteiger partial charge in [0.05, 0.1) is 38.4 Å². The van der Waals surface area contributed by atoms with E-state index in [2.05, 4.69) is 10.3 Å². The van der Waals surface area contributed by atoms with Gasteiger partial charge >= 0.3 is 23.9 Å². The van der Waals surface area contributed by atoms with Crippen LogP contribution in [0.5, 0.6) is 0 Å². The van der Waals surface area contributed by atoms with Gasteiger partial charge in [-0.3, -0.25) is 4.90 Å². The second kappa shape index (κ2) is 10.6. The van der Waals surface area contributed by atoms with E-state index in [0.29, 0.717) is 6.54 Å². The van der Waals surface area contributed by atoms with E-state index in [0.717, 1.165) is 16.8 Å². The summed E-state index contributed by atoms with van der Waals surface area (Å²) >= 11 is 0. The Kier molecular flexibility index (Phi) is 7.30. The maximum atomic E-state index is 13.9. The first kappa shape index (κ1) is 28.8. The molecule has 2 aromatic rings. The van der Waals surface area contributed by atoms with Gasteiger partial charge in [-0.05, 0) is 44.4 Å². The van der Waals surface area contributed by atoms with Gasteiger partial charge in [-0.15, -0.1) is 0 Å². The molecule has 3 atom stereocenters. The minimum Gasteiger partial charge on any atom is -0.467 e. The predicted octanol–water partition coefficient (Wildman–Crippen LogP) is 3.08.